The fraction of sp³-hybridized carbons (Fsp3) is 0.179. The molecular weight excluding hydrogens is 608 g/mol. The van der Waals surface area contributed by atoms with Crippen molar-refractivity contribution < 1.29 is 28.6 Å². The van der Waals surface area contributed by atoms with E-state index in [1.807, 2.05) is 25.1 Å². The van der Waals surface area contributed by atoms with E-state index in [1.165, 1.54) is 7.11 Å². The van der Waals surface area contributed by atoms with Crippen LogP contribution < -0.4 is 19.5 Å². The maximum absolute atomic E-state index is 12.9. The van der Waals surface area contributed by atoms with Crippen molar-refractivity contribution in [2.45, 2.75) is 6.92 Å². The number of carbonyl (C=O) groups is 3. The highest BCUT2D eigenvalue weighted by Crippen LogP contribution is 2.39. The Balaban J connectivity index is 1.39. The predicted molar refractivity (Wildman–Crippen MR) is 156 cm³/mol. The fourth-order valence-electron chi connectivity index (χ4n) is 3.65. The molecule has 8 nitrogen and oxygen atoms in total. The number of amides is 3. The van der Waals surface area contributed by atoms with E-state index in [0.29, 0.717) is 38.0 Å². The molecule has 1 aliphatic heterocycles. The summed E-state index contributed by atoms with van der Waals surface area (Å²) in [6.07, 6.45) is 1.60. The molecule has 4 rings (SSSR count). The maximum Gasteiger partial charge on any atom is 0.293 e. The predicted octanol–water partition coefficient (Wildman–Crippen LogP) is 6.55. The molecule has 39 heavy (non-hydrogen) atoms. The van der Waals surface area contributed by atoms with Gasteiger partial charge in [-0.3, -0.25) is 19.3 Å². The molecule has 0 atom stereocenters. The number of carbonyl (C=O) groups excluding carboxylic acids is 3. The van der Waals surface area contributed by atoms with Crippen molar-refractivity contribution in [3.8, 4) is 17.2 Å². The average Bonchev–Trinajstić information content (AvgIpc) is 3.16. The molecular formula is C28H24BrClN2O6S. The highest BCUT2D eigenvalue weighted by atomic mass is 79.9. The Morgan fingerprint density at radius 3 is 2.59 bits per heavy atom. The van der Waals surface area contributed by atoms with E-state index in [9.17, 15) is 14.4 Å². The van der Waals surface area contributed by atoms with Gasteiger partial charge in [-0.15, -0.1) is 0 Å². The van der Waals surface area contributed by atoms with Gasteiger partial charge >= 0.3 is 0 Å². The number of halogens is 2. The molecule has 0 spiro atoms. The van der Waals surface area contributed by atoms with E-state index < -0.39 is 5.91 Å². The number of aryl methyl sites for hydroxylation is 1. The van der Waals surface area contributed by atoms with Crippen LogP contribution in [0.3, 0.4) is 0 Å². The van der Waals surface area contributed by atoms with Crippen molar-refractivity contribution in [1.29, 1.82) is 0 Å². The number of anilines is 1. The zero-order valence-corrected chi connectivity index (χ0v) is 24.2. The highest BCUT2D eigenvalue weighted by molar-refractivity contribution is 9.10. The molecule has 0 bridgehead atoms. The molecule has 0 radical (unpaired) electrons. The van der Waals surface area contributed by atoms with Crippen LogP contribution in [0.2, 0.25) is 5.02 Å². The first kappa shape index (κ1) is 28.5. The first-order valence-electron chi connectivity index (χ1n) is 11.7. The van der Waals surface area contributed by atoms with Gasteiger partial charge in [0.15, 0.2) is 18.1 Å². The molecule has 1 N–H and O–H groups in total. The summed E-state index contributed by atoms with van der Waals surface area (Å²) >= 11 is 10.2. The standard InChI is InChI=1S/C28H24BrClN2O6S/c1-17-4-3-5-20(12-17)31-25(33)16-38-26-22(29)13-18(14-23(26)36-2)15-24-27(34)32(28(35)39-24)10-11-37-21-8-6-19(30)7-9-21/h3-9,12-15H,10-11,16H2,1-2H3,(H,31,33)/b24-15-. The number of thioether (sulfide) groups is 1. The number of ether oxygens (including phenoxy) is 3. The second-order valence-electron chi connectivity index (χ2n) is 8.38. The third-order valence-corrected chi connectivity index (χ3v) is 7.22. The number of rotatable bonds is 10. The fourth-order valence-corrected chi connectivity index (χ4v) is 5.22. The molecule has 3 aromatic rings. The molecule has 0 aromatic heterocycles. The third-order valence-electron chi connectivity index (χ3n) is 5.47. The Morgan fingerprint density at radius 1 is 1.10 bits per heavy atom. The minimum absolute atomic E-state index is 0.106. The van der Waals surface area contributed by atoms with Gasteiger partial charge in [-0.1, -0.05) is 23.7 Å². The SMILES string of the molecule is COc1cc(/C=C2\SC(=O)N(CCOc3ccc(Cl)cc3)C2=O)cc(Br)c1OCC(=O)Nc1cccc(C)c1. The summed E-state index contributed by atoms with van der Waals surface area (Å²) in [5.41, 5.74) is 2.31. The normalized spacial score (nSPS) is 14.1. The van der Waals surface area contributed by atoms with Gasteiger partial charge in [0, 0.05) is 10.7 Å². The van der Waals surface area contributed by atoms with Crippen LogP contribution in [0.5, 0.6) is 17.2 Å². The highest BCUT2D eigenvalue weighted by Gasteiger charge is 2.35. The van der Waals surface area contributed by atoms with Crippen LogP contribution in [0, 0.1) is 6.92 Å². The molecule has 3 aromatic carbocycles. The van der Waals surface area contributed by atoms with E-state index >= 15 is 0 Å². The smallest absolute Gasteiger partial charge is 0.293 e. The topological polar surface area (TPSA) is 94.2 Å². The molecule has 1 aliphatic rings. The number of imide groups is 1. The zero-order valence-electron chi connectivity index (χ0n) is 21.0. The summed E-state index contributed by atoms with van der Waals surface area (Å²) in [5, 5.41) is 3.00. The van der Waals surface area contributed by atoms with Crippen LogP contribution in [-0.2, 0) is 9.59 Å². The van der Waals surface area contributed by atoms with Gasteiger partial charge in [-0.2, -0.15) is 0 Å². The van der Waals surface area contributed by atoms with Crippen LogP contribution in [0.25, 0.3) is 6.08 Å². The van der Waals surface area contributed by atoms with Crippen LogP contribution in [0.15, 0.2) is 70.0 Å². The first-order chi connectivity index (χ1) is 18.7. The van der Waals surface area contributed by atoms with Crippen LogP contribution in [0.1, 0.15) is 11.1 Å². The Morgan fingerprint density at radius 2 is 1.87 bits per heavy atom. The van der Waals surface area contributed by atoms with Crippen LogP contribution in [-0.4, -0.2) is 48.8 Å². The summed E-state index contributed by atoms with van der Waals surface area (Å²) in [4.78, 5) is 39.2. The lowest BCUT2D eigenvalue weighted by atomic mass is 10.2. The van der Waals surface area contributed by atoms with Gasteiger partial charge in [0.1, 0.15) is 12.4 Å². The van der Waals surface area contributed by atoms with Crippen molar-refractivity contribution in [2.75, 3.05) is 32.2 Å². The number of nitrogens with one attached hydrogen (secondary N) is 1. The maximum atomic E-state index is 12.9. The summed E-state index contributed by atoms with van der Waals surface area (Å²) in [6.45, 7) is 1.96. The van der Waals surface area contributed by atoms with E-state index in [-0.39, 0.29) is 35.8 Å². The number of nitrogens with zero attached hydrogens (tertiary/aromatic N) is 1. The van der Waals surface area contributed by atoms with E-state index in [4.69, 9.17) is 25.8 Å². The molecule has 0 aliphatic carbocycles. The van der Waals surface area contributed by atoms with Crippen LogP contribution in [0.4, 0.5) is 10.5 Å². The number of hydrogen-bond donors (Lipinski definition) is 1. The molecule has 3 amide bonds. The van der Waals surface area contributed by atoms with Crippen LogP contribution >= 0.6 is 39.3 Å². The summed E-state index contributed by atoms with van der Waals surface area (Å²) in [7, 11) is 1.47. The third kappa shape index (κ3) is 7.56. The molecule has 1 fully saturated rings. The minimum Gasteiger partial charge on any atom is -0.493 e. The second kappa shape index (κ2) is 13.1. The summed E-state index contributed by atoms with van der Waals surface area (Å²) in [5.74, 6) is 0.546. The number of methoxy groups -OCH3 is 1. The van der Waals surface area contributed by atoms with E-state index in [2.05, 4.69) is 21.2 Å². The zero-order chi connectivity index (χ0) is 27.9. The van der Waals surface area contributed by atoms with Gasteiger partial charge in [0.05, 0.1) is 23.0 Å². The molecule has 202 valence electrons. The Bertz CT molecular complexity index is 1430. The van der Waals surface area contributed by atoms with Gasteiger partial charge in [0.2, 0.25) is 0 Å². The quantitative estimate of drug-likeness (QED) is 0.254. The molecule has 0 unspecified atom stereocenters. The summed E-state index contributed by atoms with van der Waals surface area (Å²) < 4.78 is 17.3. The number of hydrogen-bond acceptors (Lipinski definition) is 7. The van der Waals surface area contributed by atoms with Gasteiger partial charge in [-0.05, 0) is 100 Å². The Labute approximate surface area is 243 Å². The first-order valence-corrected chi connectivity index (χ1v) is 13.7. The van der Waals surface area contributed by atoms with Gasteiger partial charge < -0.3 is 19.5 Å². The Kier molecular flexibility index (Phi) is 9.55. The molecule has 11 heteroatoms. The second-order valence-corrected chi connectivity index (χ2v) is 10.7. The van der Waals surface area contributed by atoms with Crippen molar-refractivity contribution in [3.05, 3.63) is 86.2 Å². The molecule has 1 heterocycles. The Hall–Kier alpha value is -3.47. The minimum atomic E-state index is -0.409. The van der Waals surface area contributed by atoms with Crippen molar-refractivity contribution in [1.82, 2.24) is 4.90 Å². The largest absolute Gasteiger partial charge is 0.493 e. The van der Waals surface area contributed by atoms with Gasteiger partial charge in [0.25, 0.3) is 17.1 Å². The van der Waals surface area contributed by atoms with Crippen molar-refractivity contribution in [2.24, 2.45) is 0 Å². The van der Waals surface area contributed by atoms with E-state index in [1.54, 1.807) is 48.5 Å². The molecule has 0 saturated carbocycles. The lowest BCUT2D eigenvalue weighted by molar-refractivity contribution is -0.123. The lowest BCUT2D eigenvalue weighted by Gasteiger charge is -2.14. The number of benzene rings is 3. The van der Waals surface area contributed by atoms with Crippen molar-refractivity contribution in [3.63, 3.8) is 0 Å². The molecule has 1 saturated heterocycles. The van der Waals surface area contributed by atoms with Crippen molar-refractivity contribution >= 4 is 68.1 Å². The average molecular weight is 632 g/mol. The lowest BCUT2D eigenvalue weighted by Crippen LogP contribution is -2.32. The summed E-state index contributed by atoms with van der Waals surface area (Å²) in [6, 6.07) is 17.6. The van der Waals surface area contributed by atoms with Gasteiger partial charge in [-0.25, -0.2) is 0 Å². The monoisotopic (exact) mass is 630 g/mol. The van der Waals surface area contributed by atoms with E-state index in [0.717, 1.165) is 22.2 Å².